The Morgan fingerprint density at radius 1 is 0.862 bits per heavy atom. The number of hydrogen-bond acceptors (Lipinski definition) is 11. The van der Waals surface area contributed by atoms with E-state index in [-0.39, 0.29) is 42.4 Å². The van der Waals surface area contributed by atoms with Gasteiger partial charge in [0.15, 0.2) is 35.0 Å². The molecule has 2 aliphatic carbocycles. The molecule has 0 heterocycles. The van der Waals surface area contributed by atoms with Crippen molar-refractivity contribution in [2.24, 2.45) is 28.1 Å². The molecule has 0 radical (unpaired) electrons. The van der Waals surface area contributed by atoms with Gasteiger partial charge in [-0.05, 0) is 116 Å². The van der Waals surface area contributed by atoms with E-state index in [4.69, 9.17) is 25.5 Å². The maximum Gasteiger partial charge on any atom is 0.339 e. The number of carbonyl (C=O) groups excluding carboxylic acids is 3. The fourth-order valence-corrected chi connectivity index (χ4v) is 7.81. The normalized spacial score (nSPS) is 23.8. The Labute approximate surface area is 338 Å². The van der Waals surface area contributed by atoms with E-state index in [1.807, 2.05) is 68.4 Å². The van der Waals surface area contributed by atoms with E-state index in [0.717, 1.165) is 28.4 Å². The van der Waals surface area contributed by atoms with Crippen LogP contribution in [0.25, 0.3) is 5.76 Å². The molecule has 2 saturated carbocycles. The number of rotatable bonds is 15. The van der Waals surface area contributed by atoms with E-state index in [1.54, 1.807) is 0 Å². The van der Waals surface area contributed by atoms with Crippen molar-refractivity contribution in [1.29, 1.82) is 0 Å². The minimum absolute atomic E-state index is 0.0110. The highest BCUT2D eigenvalue weighted by atomic mass is 16.4. The molecule has 14 heteroatoms. The van der Waals surface area contributed by atoms with Crippen LogP contribution in [-0.2, 0) is 28.8 Å². The summed E-state index contributed by atoms with van der Waals surface area (Å²) in [5.74, 6) is -9.48. The molecule has 0 aliphatic heterocycles. The predicted molar refractivity (Wildman–Crippen MR) is 215 cm³/mol. The van der Waals surface area contributed by atoms with Gasteiger partial charge in [0.1, 0.15) is 16.7 Å². The lowest BCUT2D eigenvalue weighted by molar-refractivity contribution is -0.187. The van der Waals surface area contributed by atoms with Crippen LogP contribution in [0.4, 0.5) is 0 Å². The topological polar surface area (TPSA) is 264 Å². The third-order valence-corrected chi connectivity index (χ3v) is 11.5. The van der Waals surface area contributed by atoms with Crippen LogP contribution in [0.15, 0.2) is 70.9 Å². The highest BCUT2D eigenvalue weighted by molar-refractivity contribution is 6.41. The number of fused-ring (bicyclic) bond motifs is 2. The predicted octanol–water partition coefficient (Wildman–Crippen LogP) is 6.48. The Hall–Kier alpha value is -5.34. The van der Waals surface area contributed by atoms with Crippen LogP contribution in [0.5, 0.6) is 11.5 Å². The standard InChI is InChI=1S/C38H50O6.C6H8O8/c1-22(2)11-13-27(25(7)8)20-37-21-28(15-12-23(3)4)36(9,10)38(35(37)44,18-17-24(5)6)34(43)31(33(37)42)32(41)26-14-16-29(39)30(40)19-26;7-2(8)1-6(14,5(12)13)3(9)4(10)11/h11-12,14,16-17,19,27-28,39-41H,7,13,15,18,20-21H2,1-6,8-10H3;3,9,14H,1H2,(H,7,8)(H,10,11)(H,12,13)/b32-31+;/t27-,28+,37+,38-;/m0./s1. The fraction of sp³-hybridized carbons (Fsp3) is 0.500. The van der Waals surface area contributed by atoms with Gasteiger partial charge in [-0.1, -0.05) is 60.9 Å². The first-order valence-corrected chi connectivity index (χ1v) is 18.8. The Balaban J connectivity index is 0.000000704. The molecule has 2 bridgehead atoms. The number of phenolic OH excluding ortho intramolecular Hbond substituents is 2. The van der Waals surface area contributed by atoms with Crippen LogP contribution >= 0.6 is 0 Å². The van der Waals surface area contributed by atoms with Crippen molar-refractivity contribution >= 4 is 41.0 Å². The van der Waals surface area contributed by atoms with Gasteiger partial charge >= 0.3 is 17.9 Å². The van der Waals surface area contributed by atoms with Gasteiger partial charge in [-0.25, -0.2) is 9.59 Å². The van der Waals surface area contributed by atoms with Gasteiger partial charge in [-0.2, -0.15) is 0 Å². The van der Waals surface area contributed by atoms with Crippen LogP contribution in [0.3, 0.4) is 0 Å². The fourth-order valence-electron chi connectivity index (χ4n) is 7.81. The van der Waals surface area contributed by atoms with Gasteiger partial charge in [0.2, 0.25) is 5.60 Å². The number of aliphatic carboxylic acids is 3. The molecule has 0 spiro atoms. The molecule has 1 aromatic carbocycles. The Bertz CT molecular complexity index is 1970. The zero-order chi connectivity index (χ0) is 44.9. The minimum atomic E-state index is -3.22. The summed E-state index contributed by atoms with van der Waals surface area (Å²) in [7, 11) is 0. The second-order valence-corrected chi connectivity index (χ2v) is 16.8. The SMILES string of the molecule is C=C(C)[C@@H](CC=C(C)C)C[C@@]12C[C@@H](CC=C(C)C)C(C)(C)[C@@](CC=C(C)C)(C(=O)/C(=C(/O)c3ccc(O)c(O)c3)C1=O)C2=O.O=C(O)CC(O)(C(=O)O)C(O)C(=O)O. The van der Waals surface area contributed by atoms with Crippen LogP contribution in [0, 0.1) is 28.1 Å². The number of carboxylic acid groups (broad SMARTS) is 3. The number of aromatic hydroxyl groups is 2. The van der Waals surface area contributed by atoms with Crippen LogP contribution in [0.1, 0.15) is 106 Å². The number of Topliss-reactive ketones (excluding diaryl/α,β-unsaturated/α-hetero) is 3. The zero-order valence-corrected chi connectivity index (χ0v) is 34.7. The van der Waals surface area contributed by atoms with E-state index in [9.17, 15) is 39.3 Å². The molecule has 8 N–H and O–H groups in total. The summed E-state index contributed by atoms with van der Waals surface area (Å²) in [5.41, 5.74) is -3.68. The maximum absolute atomic E-state index is 15.2. The summed E-state index contributed by atoms with van der Waals surface area (Å²) in [6.45, 7) is 21.9. The second kappa shape index (κ2) is 18.5. The summed E-state index contributed by atoms with van der Waals surface area (Å²) in [6, 6.07) is 3.65. The molecule has 0 saturated heterocycles. The van der Waals surface area contributed by atoms with Crippen molar-refractivity contribution in [2.75, 3.05) is 0 Å². The average Bonchev–Trinajstić information content (AvgIpc) is 3.10. The summed E-state index contributed by atoms with van der Waals surface area (Å²) < 4.78 is 0. The van der Waals surface area contributed by atoms with Crippen molar-refractivity contribution in [1.82, 2.24) is 0 Å². The summed E-state index contributed by atoms with van der Waals surface area (Å²) in [5, 5.41) is 74.4. The maximum atomic E-state index is 15.2. The minimum Gasteiger partial charge on any atom is -0.506 e. The first-order valence-electron chi connectivity index (χ1n) is 18.8. The lowest BCUT2D eigenvalue weighted by atomic mass is 9.38. The van der Waals surface area contributed by atoms with Gasteiger partial charge < -0.3 is 40.9 Å². The smallest absolute Gasteiger partial charge is 0.339 e. The molecule has 0 amide bonds. The van der Waals surface area contributed by atoms with Crippen molar-refractivity contribution < 1.29 is 69.6 Å². The number of aliphatic hydroxyl groups is 3. The van der Waals surface area contributed by atoms with E-state index >= 15 is 4.79 Å². The van der Waals surface area contributed by atoms with Crippen molar-refractivity contribution in [3.8, 4) is 11.5 Å². The number of carbonyl (C=O) groups is 6. The molecule has 318 valence electrons. The van der Waals surface area contributed by atoms with Crippen LogP contribution < -0.4 is 0 Å². The van der Waals surface area contributed by atoms with Gasteiger partial charge in [0, 0.05) is 5.56 Å². The van der Waals surface area contributed by atoms with Gasteiger partial charge in [-0.3, -0.25) is 19.2 Å². The van der Waals surface area contributed by atoms with Crippen LogP contribution in [0.2, 0.25) is 0 Å². The lowest BCUT2D eigenvalue weighted by Gasteiger charge is -2.60. The number of hydrogen-bond donors (Lipinski definition) is 8. The van der Waals surface area contributed by atoms with Crippen molar-refractivity contribution in [2.45, 2.75) is 113 Å². The molecule has 14 nitrogen and oxygen atoms in total. The van der Waals surface area contributed by atoms with Crippen molar-refractivity contribution in [3.63, 3.8) is 0 Å². The first kappa shape index (κ1) is 48.8. The molecule has 2 unspecified atom stereocenters. The summed E-state index contributed by atoms with van der Waals surface area (Å²) in [6.07, 6.45) is 3.68. The number of allylic oxidation sites excluding steroid dienone is 8. The third-order valence-electron chi connectivity index (χ3n) is 11.5. The van der Waals surface area contributed by atoms with E-state index in [2.05, 4.69) is 18.7 Å². The van der Waals surface area contributed by atoms with Gasteiger partial charge in [0.25, 0.3) is 0 Å². The molecule has 3 rings (SSSR count). The summed E-state index contributed by atoms with van der Waals surface area (Å²) >= 11 is 0. The van der Waals surface area contributed by atoms with E-state index < -0.39 is 86.7 Å². The third kappa shape index (κ3) is 9.67. The quantitative estimate of drug-likeness (QED) is 0.0235. The highest BCUT2D eigenvalue weighted by Crippen LogP contribution is 2.66. The number of phenols is 2. The Morgan fingerprint density at radius 3 is 1.86 bits per heavy atom. The van der Waals surface area contributed by atoms with Gasteiger partial charge in [-0.15, -0.1) is 0 Å². The monoisotopic (exact) mass is 810 g/mol. The molecule has 2 fully saturated rings. The molecule has 6 atom stereocenters. The molecular weight excluding hydrogens is 752 g/mol. The zero-order valence-electron chi connectivity index (χ0n) is 34.7. The molecule has 0 aromatic heterocycles. The molecule has 1 aromatic rings. The first-order chi connectivity index (χ1) is 26.5. The molecular formula is C44H58O14. The highest BCUT2D eigenvalue weighted by Gasteiger charge is 2.74. The summed E-state index contributed by atoms with van der Waals surface area (Å²) in [4.78, 5) is 75.6. The Morgan fingerprint density at radius 2 is 1.41 bits per heavy atom. The van der Waals surface area contributed by atoms with Gasteiger partial charge in [0.05, 0.1) is 11.8 Å². The number of ketones is 3. The van der Waals surface area contributed by atoms with E-state index in [1.165, 1.54) is 12.1 Å². The lowest BCUT2D eigenvalue weighted by Crippen LogP contribution is -2.69. The number of carboxylic acids is 3. The van der Waals surface area contributed by atoms with E-state index in [0.29, 0.717) is 12.8 Å². The largest absolute Gasteiger partial charge is 0.506 e. The second-order valence-electron chi connectivity index (χ2n) is 16.8. The average molecular weight is 811 g/mol. The van der Waals surface area contributed by atoms with Crippen LogP contribution in [-0.4, -0.2) is 87.8 Å². The Kier molecular flexibility index (Phi) is 15.6. The number of benzene rings is 1. The molecule has 58 heavy (non-hydrogen) atoms. The van der Waals surface area contributed by atoms with Crippen molar-refractivity contribution in [3.05, 3.63) is 76.4 Å². The number of aliphatic hydroxyl groups excluding tert-OH is 2. The molecule has 2 aliphatic rings.